The molecule has 2 fully saturated rings. The van der Waals surface area contributed by atoms with Gasteiger partial charge in [-0.15, -0.1) is 0 Å². The Balaban J connectivity index is 1.86. The van der Waals surface area contributed by atoms with Gasteiger partial charge in [0.2, 0.25) is 5.91 Å². The van der Waals surface area contributed by atoms with Crippen LogP contribution in [-0.2, 0) is 4.79 Å². The van der Waals surface area contributed by atoms with Crippen LogP contribution < -0.4 is 5.73 Å². The fraction of sp³-hybridized carbons (Fsp3) is 0.923. The van der Waals surface area contributed by atoms with Gasteiger partial charge in [-0.05, 0) is 38.3 Å². The molecule has 2 rings (SSSR count). The minimum atomic E-state index is -0.327. The van der Waals surface area contributed by atoms with Gasteiger partial charge in [0.25, 0.3) is 0 Å². The Morgan fingerprint density at radius 1 is 1.24 bits per heavy atom. The monoisotopic (exact) mass is 239 g/mol. The van der Waals surface area contributed by atoms with Crippen LogP contribution in [0.15, 0.2) is 0 Å². The van der Waals surface area contributed by atoms with Crippen molar-refractivity contribution in [2.24, 2.45) is 11.7 Å². The van der Waals surface area contributed by atoms with Crippen molar-refractivity contribution in [3.8, 4) is 0 Å². The molecule has 17 heavy (non-hydrogen) atoms. The van der Waals surface area contributed by atoms with E-state index in [0.29, 0.717) is 6.04 Å². The van der Waals surface area contributed by atoms with Gasteiger partial charge in [-0.2, -0.15) is 0 Å². The Kier molecular flexibility index (Phi) is 4.05. The summed E-state index contributed by atoms with van der Waals surface area (Å²) in [5.74, 6) is 0.370. The van der Waals surface area contributed by atoms with E-state index in [-0.39, 0.29) is 17.9 Å². The molecule has 1 amide bonds. The Morgan fingerprint density at radius 3 is 2.47 bits per heavy atom. The van der Waals surface area contributed by atoms with Crippen molar-refractivity contribution in [3.05, 3.63) is 0 Å². The summed E-state index contributed by atoms with van der Waals surface area (Å²) in [6.45, 7) is 8.22. The average molecular weight is 239 g/mol. The number of nitrogens with zero attached hydrogens (tertiary/aromatic N) is 2. The van der Waals surface area contributed by atoms with Crippen LogP contribution in [0.2, 0.25) is 0 Å². The number of rotatable bonds is 3. The van der Waals surface area contributed by atoms with Crippen LogP contribution in [0, 0.1) is 5.92 Å². The van der Waals surface area contributed by atoms with Crippen LogP contribution in [0.3, 0.4) is 0 Å². The van der Waals surface area contributed by atoms with Gasteiger partial charge < -0.3 is 10.6 Å². The zero-order valence-electron chi connectivity index (χ0n) is 11.1. The Hall–Kier alpha value is -0.610. The van der Waals surface area contributed by atoms with Crippen molar-refractivity contribution in [2.75, 3.05) is 26.2 Å². The van der Waals surface area contributed by atoms with E-state index in [1.54, 1.807) is 0 Å². The van der Waals surface area contributed by atoms with Gasteiger partial charge in [-0.3, -0.25) is 9.69 Å². The van der Waals surface area contributed by atoms with Gasteiger partial charge in [0.1, 0.15) is 0 Å². The molecule has 2 atom stereocenters. The van der Waals surface area contributed by atoms with Crippen LogP contribution in [0.5, 0.6) is 0 Å². The second-order valence-electron chi connectivity index (χ2n) is 5.74. The fourth-order valence-electron chi connectivity index (χ4n) is 2.84. The van der Waals surface area contributed by atoms with Crippen molar-refractivity contribution in [2.45, 2.75) is 45.2 Å². The van der Waals surface area contributed by atoms with E-state index < -0.39 is 0 Å². The van der Waals surface area contributed by atoms with Gasteiger partial charge in [-0.1, -0.05) is 13.8 Å². The van der Waals surface area contributed by atoms with Gasteiger partial charge in [0, 0.05) is 19.1 Å². The van der Waals surface area contributed by atoms with Crippen molar-refractivity contribution in [3.63, 3.8) is 0 Å². The normalized spacial score (nSPS) is 28.0. The van der Waals surface area contributed by atoms with Gasteiger partial charge in [0.15, 0.2) is 0 Å². The minimum absolute atomic E-state index is 0.140. The number of nitrogens with two attached hydrogens (primary N) is 1. The highest BCUT2D eigenvalue weighted by atomic mass is 16.2. The van der Waals surface area contributed by atoms with Crippen LogP contribution in [0.25, 0.3) is 0 Å². The predicted octanol–water partition coefficient (Wildman–Crippen LogP) is 0.666. The largest absolute Gasteiger partial charge is 0.340 e. The van der Waals surface area contributed by atoms with Crippen molar-refractivity contribution in [1.29, 1.82) is 0 Å². The molecule has 0 radical (unpaired) electrons. The first-order valence-corrected chi connectivity index (χ1v) is 6.88. The summed E-state index contributed by atoms with van der Waals surface area (Å²) in [5.41, 5.74) is 5.93. The van der Waals surface area contributed by atoms with E-state index in [2.05, 4.69) is 4.90 Å². The molecule has 0 aromatic rings. The Morgan fingerprint density at radius 2 is 1.88 bits per heavy atom. The SMILES string of the molecule is CC(C)[C@H](N)C(=O)N1CCC(N2CCCC2)C1. The number of carbonyl (C=O) groups excluding carboxylic acids is 1. The zero-order valence-corrected chi connectivity index (χ0v) is 11.1. The molecule has 2 heterocycles. The number of hydrogen-bond donors (Lipinski definition) is 1. The summed E-state index contributed by atoms with van der Waals surface area (Å²) in [4.78, 5) is 16.6. The maximum atomic E-state index is 12.1. The molecule has 4 nitrogen and oxygen atoms in total. The summed E-state index contributed by atoms with van der Waals surface area (Å²) < 4.78 is 0. The molecule has 4 heteroatoms. The summed E-state index contributed by atoms with van der Waals surface area (Å²) >= 11 is 0. The maximum Gasteiger partial charge on any atom is 0.239 e. The van der Waals surface area contributed by atoms with E-state index in [4.69, 9.17) is 5.73 Å². The molecule has 2 aliphatic heterocycles. The lowest BCUT2D eigenvalue weighted by atomic mass is 10.0. The lowest BCUT2D eigenvalue weighted by Gasteiger charge is -2.26. The third kappa shape index (κ3) is 2.80. The summed E-state index contributed by atoms with van der Waals surface area (Å²) in [6, 6.07) is 0.258. The maximum absolute atomic E-state index is 12.1. The predicted molar refractivity (Wildman–Crippen MR) is 68.6 cm³/mol. The van der Waals surface area contributed by atoms with E-state index in [1.165, 1.54) is 25.9 Å². The zero-order chi connectivity index (χ0) is 12.4. The molecular weight excluding hydrogens is 214 g/mol. The molecular formula is C13H25N3O. The van der Waals surface area contributed by atoms with Crippen LogP contribution in [-0.4, -0.2) is 54.0 Å². The average Bonchev–Trinajstić information content (AvgIpc) is 2.96. The van der Waals surface area contributed by atoms with Crippen LogP contribution in [0.4, 0.5) is 0 Å². The molecule has 0 saturated carbocycles. The first-order valence-electron chi connectivity index (χ1n) is 6.88. The van der Waals surface area contributed by atoms with Crippen molar-refractivity contribution >= 4 is 5.91 Å². The number of carbonyl (C=O) groups is 1. The highest BCUT2D eigenvalue weighted by Crippen LogP contribution is 2.21. The fourth-order valence-corrected chi connectivity index (χ4v) is 2.84. The van der Waals surface area contributed by atoms with E-state index in [0.717, 1.165) is 19.5 Å². The van der Waals surface area contributed by atoms with Crippen molar-refractivity contribution in [1.82, 2.24) is 9.80 Å². The standard InChI is InChI=1S/C13H25N3O/c1-10(2)12(14)13(17)16-8-5-11(9-16)15-6-3-4-7-15/h10-12H,3-9,14H2,1-2H3/t11?,12-/m0/s1. The summed E-state index contributed by atoms with van der Waals surface area (Å²) in [6.07, 6.45) is 3.75. The van der Waals surface area contributed by atoms with E-state index >= 15 is 0 Å². The molecule has 2 N–H and O–H groups in total. The molecule has 98 valence electrons. The van der Waals surface area contributed by atoms with Crippen LogP contribution in [0.1, 0.15) is 33.1 Å². The number of hydrogen-bond acceptors (Lipinski definition) is 3. The van der Waals surface area contributed by atoms with Crippen LogP contribution >= 0.6 is 0 Å². The molecule has 0 aromatic heterocycles. The number of likely N-dealkylation sites (tertiary alicyclic amines) is 2. The number of amides is 1. The molecule has 2 aliphatic rings. The second-order valence-corrected chi connectivity index (χ2v) is 5.74. The third-order valence-corrected chi connectivity index (χ3v) is 4.14. The van der Waals surface area contributed by atoms with Gasteiger partial charge in [-0.25, -0.2) is 0 Å². The van der Waals surface area contributed by atoms with Gasteiger partial charge >= 0.3 is 0 Å². The van der Waals surface area contributed by atoms with Gasteiger partial charge in [0.05, 0.1) is 6.04 Å². The molecule has 1 unspecified atom stereocenters. The molecule has 0 bridgehead atoms. The molecule has 2 saturated heterocycles. The van der Waals surface area contributed by atoms with E-state index in [1.807, 2.05) is 18.7 Å². The topological polar surface area (TPSA) is 49.6 Å². The van der Waals surface area contributed by atoms with Crippen molar-refractivity contribution < 1.29 is 4.79 Å². The smallest absolute Gasteiger partial charge is 0.239 e. The lowest BCUT2D eigenvalue weighted by Crippen LogP contribution is -2.46. The first-order chi connectivity index (χ1) is 8.09. The highest BCUT2D eigenvalue weighted by Gasteiger charge is 2.33. The minimum Gasteiger partial charge on any atom is -0.340 e. The Labute approximate surface area is 104 Å². The molecule has 0 aliphatic carbocycles. The highest BCUT2D eigenvalue weighted by molar-refractivity contribution is 5.82. The third-order valence-electron chi connectivity index (χ3n) is 4.14. The molecule has 0 aromatic carbocycles. The second kappa shape index (κ2) is 5.36. The Bertz CT molecular complexity index is 274. The summed E-state index contributed by atoms with van der Waals surface area (Å²) in [7, 11) is 0. The van der Waals surface area contributed by atoms with E-state index in [9.17, 15) is 4.79 Å². The molecule has 0 spiro atoms. The first kappa shape index (κ1) is 12.8. The quantitative estimate of drug-likeness (QED) is 0.787. The summed E-state index contributed by atoms with van der Waals surface area (Å²) in [5, 5.41) is 0. The lowest BCUT2D eigenvalue weighted by molar-refractivity contribution is -0.132.